The summed E-state index contributed by atoms with van der Waals surface area (Å²) < 4.78 is 32.8. The molecule has 6 heteroatoms. The first-order valence-corrected chi connectivity index (χ1v) is 11.5. The minimum Gasteiger partial charge on any atom is -0.497 e. The predicted molar refractivity (Wildman–Crippen MR) is 111 cm³/mol. The van der Waals surface area contributed by atoms with Crippen molar-refractivity contribution in [3.05, 3.63) is 65.2 Å². The average molecular weight is 401 g/mol. The number of hydrogen-bond acceptors (Lipinski definition) is 4. The van der Waals surface area contributed by atoms with E-state index in [1.54, 1.807) is 11.4 Å². The fourth-order valence-electron chi connectivity index (χ4n) is 4.49. The van der Waals surface area contributed by atoms with E-state index in [1.807, 2.05) is 43.3 Å². The minimum atomic E-state index is -3.26. The third-order valence-corrected chi connectivity index (χ3v) is 7.76. The molecule has 4 rings (SSSR count). The Kier molecular flexibility index (Phi) is 5.45. The first-order valence-electron chi connectivity index (χ1n) is 9.85. The van der Waals surface area contributed by atoms with Crippen LogP contribution in [0, 0.1) is 12.8 Å². The summed E-state index contributed by atoms with van der Waals surface area (Å²) >= 11 is 0. The van der Waals surface area contributed by atoms with Crippen LogP contribution in [-0.4, -0.2) is 50.4 Å². The maximum Gasteiger partial charge on any atom is 0.218 e. The normalized spacial score (nSPS) is 23.1. The van der Waals surface area contributed by atoms with Gasteiger partial charge in [0.15, 0.2) is 0 Å². The van der Waals surface area contributed by atoms with Crippen molar-refractivity contribution in [3.8, 4) is 5.75 Å². The van der Waals surface area contributed by atoms with Gasteiger partial charge in [0.2, 0.25) is 10.0 Å². The quantitative estimate of drug-likeness (QED) is 0.748. The van der Waals surface area contributed by atoms with Crippen LogP contribution >= 0.6 is 0 Å². The molecule has 0 spiro atoms. The van der Waals surface area contributed by atoms with Gasteiger partial charge in [-0.1, -0.05) is 42.0 Å². The highest BCUT2D eigenvalue weighted by atomic mass is 32.2. The molecule has 2 atom stereocenters. The molecule has 0 radical (unpaired) electrons. The van der Waals surface area contributed by atoms with Gasteiger partial charge >= 0.3 is 0 Å². The Morgan fingerprint density at radius 2 is 1.86 bits per heavy atom. The summed E-state index contributed by atoms with van der Waals surface area (Å²) in [6, 6.07) is 16.4. The van der Waals surface area contributed by atoms with E-state index in [-0.39, 0.29) is 5.75 Å². The van der Waals surface area contributed by atoms with Crippen molar-refractivity contribution in [3.63, 3.8) is 0 Å². The number of aryl methyl sites for hydroxylation is 1. The highest BCUT2D eigenvalue weighted by Gasteiger charge is 2.44. The van der Waals surface area contributed by atoms with Gasteiger partial charge in [0.25, 0.3) is 0 Å². The van der Waals surface area contributed by atoms with Crippen LogP contribution in [0.4, 0.5) is 0 Å². The molecule has 2 fully saturated rings. The molecule has 28 heavy (non-hydrogen) atoms. The lowest BCUT2D eigenvalue weighted by molar-refractivity contribution is -0.0306. The molecule has 2 saturated heterocycles. The molecule has 5 nitrogen and oxygen atoms in total. The topological polar surface area (TPSA) is 49.9 Å². The van der Waals surface area contributed by atoms with E-state index in [1.165, 1.54) is 5.56 Å². The molecule has 2 aliphatic heterocycles. The lowest BCUT2D eigenvalue weighted by Gasteiger charge is -2.53. The van der Waals surface area contributed by atoms with E-state index in [4.69, 9.17) is 4.74 Å². The van der Waals surface area contributed by atoms with E-state index in [2.05, 4.69) is 17.0 Å². The number of ether oxygens (including phenoxy) is 1. The first-order chi connectivity index (χ1) is 13.4. The third-order valence-electron chi connectivity index (χ3n) is 5.94. The molecule has 0 aromatic heterocycles. The molecular weight excluding hydrogens is 372 g/mol. The van der Waals surface area contributed by atoms with Gasteiger partial charge < -0.3 is 4.74 Å². The highest BCUT2D eigenvalue weighted by molar-refractivity contribution is 7.88. The second kappa shape index (κ2) is 7.85. The standard InChI is InChI=1S/C22H28N2O3S/c1-17-5-3-7-19(11-17)16-28(25,26)24-10-9-22-20(15-24)14-23(22)13-18-6-4-8-21(12-18)27-2/h3-8,11-12,20,22H,9-10,13-16H2,1-2H3/t20-,22-/m1/s1. The smallest absolute Gasteiger partial charge is 0.218 e. The lowest BCUT2D eigenvalue weighted by Crippen LogP contribution is -2.63. The van der Waals surface area contributed by atoms with E-state index in [0.29, 0.717) is 25.0 Å². The van der Waals surface area contributed by atoms with Crippen LogP contribution in [-0.2, 0) is 22.3 Å². The van der Waals surface area contributed by atoms with E-state index in [0.717, 1.165) is 36.4 Å². The van der Waals surface area contributed by atoms with Crippen LogP contribution < -0.4 is 4.74 Å². The molecule has 2 aromatic carbocycles. The van der Waals surface area contributed by atoms with Gasteiger partial charge in [-0.05, 0) is 36.6 Å². The second-order valence-corrected chi connectivity index (χ2v) is 9.97. The number of likely N-dealkylation sites (tertiary alicyclic amines) is 1. The molecule has 0 saturated carbocycles. The Labute approximate surface area is 168 Å². The summed E-state index contributed by atoms with van der Waals surface area (Å²) in [5.74, 6) is 1.41. The summed E-state index contributed by atoms with van der Waals surface area (Å²) in [7, 11) is -1.58. The van der Waals surface area contributed by atoms with Crippen LogP contribution in [0.1, 0.15) is 23.1 Å². The monoisotopic (exact) mass is 400 g/mol. The Bertz CT molecular complexity index is 944. The molecule has 2 aliphatic rings. The lowest BCUT2D eigenvalue weighted by atomic mass is 9.83. The Balaban J connectivity index is 1.35. The average Bonchev–Trinajstić information content (AvgIpc) is 2.65. The minimum absolute atomic E-state index is 0.0968. The SMILES string of the molecule is COc1cccc(CN2C[C@@H]3CN(S(=O)(=O)Cc4cccc(C)c4)CC[C@H]32)c1. The molecule has 0 aliphatic carbocycles. The van der Waals surface area contributed by atoms with Crippen LogP contribution in [0.5, 0.6) is 5.75 Å². The summed E-state index contributed by atoms with van der Waals surface area (Å²) in [5, 5.41) is 0. The molecule has 150 valence electrons. The van der Waals surface area contributed by atoms with Crippen LogP contribution in [0.15, 0.2) is 48.5 Å². The summed E-state index contributed by atoms with van der Waals surface area (Å²) in [4.78, 5) is 2.46. The van der Waals surface area contributed by atoms with Gasteiger partial charge in [-0.15, -0.1) is 0 Å². The number of hydrogen-bond donors (Lipinski definition) is 0. The largest absolute Gasteiger partial charge is 0.497 e. The number of fused-ring (bicyclic) bond motifs is 1. The number of methoxy groups -OCH3 is 1. The number of benzene rings is 2. The van der Waals surface area contributed by atoms with Crippen molar-refractivity contribution < 1.29 is 13.2 Å². The zero-order valence-electron chi connectivity index (χ0n) is 16.5. The maximum atomic E-state index is 12.9. The number of nitrogens with zero attached hydrogens (tertiary/aromatic N) is 2. The Morgan fingerprint density at radius 1 is 1.07 bits per heavy atom. The van der Waals surface area contributed by atoms with Crippen LogP contribution in [0.25, 0.3) is 0 Å². The third kappa shape index (κ3) is 4.09. The molecule has 0 amide bonds. The maximum absolute atomic E-state index is 12.9. The van der Waals surface area contributed by atoms with E-state index < -0.39 is 10.0 Å². The van der Waals surface area contributed by atoms with Gasteiger partial charge in [-0.3, -0.25) is 4.90 Å². The molecule has 0 unspecified atom stereocenters. The van der Waals surface area contributed by atoms with Crippen molar-refractivity contribution in [2.45, 2.75) is 31.7 Å². The summed E-state index contributed by atoms with van der Waals surface area (Å²) in [5.41, 5.74) is 3.21. The summed E-state index contributed by atoms with van der Waals surface area (Å²) in [6.45, 7) is 5.11. The van der Waals surface area contributed by atoms with E-state index in [9.17, 15) is 8.42 Å². The summed E-state index contributed by atoms with van der Waals surface area (Å²) in [6.07, 6.45) is 0.904. The fraction of sp³-hybridized carbons (Fsp3) is 0.455. The number of piperidine rings is 1. The van der Waals surface area contributed by atoms with Crippen molar-refractivity contribution in [2.75, 3.05) is 26.7 Å². The van der Waals surface area contributed by atoms with Crippen molar-refractivity contribution in [1.82, 2.24) is 9.21 Å². The van der Waals surface area contributed by atoms with Gasteiger partial charge in [-0.25, -0.2) is 12.7 Å². The zero-order chi connectivity index (χ0) is 19.7. The van der Waals surface area contributed by atoms with Crippen molar-refractivity contribution >= 4 is 10.0 Å². The van der Waals surface area contributed by atoms with E-state index >= 15 is 0 Å². The second-order valence-electron chi connectivity index (χ2n) is 8.00. The molecule has 0 N–H and O–H groups in total. The fourth-order valence-corrected chi connectivity index (χ4v) is 6.07. The molecule has 0 bridgehead atoms. The first kappa shape index (κ1) is 19.4. The molecule has 2 heterocycles. The Hall–Kier alpha value is -1.89. The van der Waals surface area contributed by atoms with Crippen LogP contribution in [0.2, 0.25) is 0 Å². The molecule has 2 aromatic rings. The highest BCUT2D eigenvalue weighted by Crippen LogP contribution is 2.35. The molecular formula is C22H28N2O3S. The number of rotatable bonds is 6. The van der Waals surface area contributed by atoms with Gasteiger partial charge in [0.1, 0.15) is 5.75 Å². The van der Waals surface area contributed by atoms with Crippen LogP contribution in [0.3, 0.4) is 0 Å². The van der Waals surface area contributed by atoms with Crippen molar-refractivity contribution in [1.29, 1.82) is 0 Å². The number of sulfonamides is 1. The zero-order valence-corrected chi connectivity index (χ0v) is 17.4. The van der Waals surface area contributed by atoms with Crippen molar-refractivity contribution in [2.24, 2.45) is 5.92 Å². The van der Waals surface area contributed by atoms with Gasteiger partial charge in [0, 0.05) is 38.1 Å². The predicted octanol–water partition coefficient (Wildman–Crippen LogP) is 3.04. The Morgan fingerprint density at radius 3 is 2.61 bits per heavy atom. The van der Waals surface area contributed by atoms with Gasteiger partial charge in [-0.2, -0.15) is 0 Å². The van der Waals surface area contributed by atoms with Gasteiger partial charge in [0.05, 0.1) is 12.9 Å².